The van der Waals surface area contributed by atoms with Gasteiger partial charge < -0.3 is 4.90 Å². The lowest BCUT2D eigenvalue weighted by atomic mass is 9.78. The summed E-state index contributed by atoms with van der Waals surface area (Å²) in [6.45, 7) is 1.15. The zero-order valence-electron chi connectivity index (χ0n) is 12.1. The first kappa shape index (κ1) is 14.9. The molecule has 4 nitrogen and oxygen atoms in total. The van der Waals surface area contributed by atoms with Crippen LogP contribution in [0.25, 0.3) is 0 Å². The highest BCUT2D eigenvalue weighted by atomic mass is 79.9. The molecule has 2 N–H and O–H groups in total. The maximum Gasteiger partial charge on any atom is 0.113 e. The number of fused-ring (bicyclic) bond motifs is 1. The Bertz CT molecular complexity index is 518. The third-order valence-corrected chi connectivity index (χ3v) is 5.39. The van der Waals surface area contributed by atoms with Gasteiger partial charge in [-0.25, -0.2) is 4.99 Å². The molecule has 21 heavy (non-hydrogen) atoms. The zero-order chi connectivity index (χ0) is 14.7. The molecule has 0 amide bonds. The molecule has 114 valence electrons. The Balaban J connectivity index is 1.83. The summed E-state index contributed by atoms with van der Waals surface area (Å²) >= 11 is 3.69. The van der Waals surface area contributed by atoms with Gasteiger partial charge in [-0.1, -0.05) is 12.8 Å². The lowest BCUT2D eigenvalue weighted by molar-refractivity contribution is 0.240. The summed E-state index contributed by atoms with van der Waals surface area (Å²) in [5, 5.41) is 8.57. The van der Waals surface area contributed by atoms with Crippen molar-refractivity contribution >= 4 is 33.6 Å². The van der Waals surface area contributed by atoms with Crippen molar-refractivity contribution in [1.82, 2.24) is 5.48 Å². The molecule has 2 unspecified atom stereocenters. The number of halogens is 1. The average Bonchev–Trinajstić information content (AvgIpc) is 2.53. The summed E-state index contributed by atoms with van der Waals surface area (Å²) in [6, 6.07) is 6.86. The van der Waals surface area contributed by atoms with E-state index in [4.69, 9.17) is 5.21 Å². The molecular weight excluding hydrogens is 330 g/mol. The van der Waals surface area contributed by atoms with Crippen molar-refractivity contribution < 1.29 is 5.21 Å². The number of aliphatic imine (C=N–C) groups is 1. The van der Waals surface area contributed by atoms with Crippen LogP contribution in [0.2, 0.25) is 0 Å². The number of piperidine rings is 1. The highest BCUT2D eigenvalue weighted by Crippen LogP contribution is 2.40. The van der Waals surface area contributed by atoms with Gasteiger partial charge in [-0.2, -0.15) is 0 Å². The van der Waals surface area contributed by atoms with Gasteiger partial charge >= 0.3 is 0 Å². The number of hydrogen-bond donors (Lipinski definition) is 2. The fourth-order valence-electron chi connectivity index (χ4n) is 3.84. The van der Waals surface area contributed by atoms with Crippen molar-refractivity contribution in [3.8, 4) is 0 Å². The van der Waals surface area contributed by atoms with Crippen molar-refractivity contribution in [3.63, 3.8) is 0 Å². The number of nitrogens with one attached hydrogen (secondary N) is 1. The first-order chi connectivity index (χ1) is 10.3. The Kier molecular flexibility index (Phi) is 4.80. The van der Waals surface area contributed by atoms with Crippen molar-refractivity contribution in [2.24, 2.45) is 10.9 Å². The topological polar surface area (TPSA) is 47.9 Å². The molecule has 1 saturated carbocycles. The van der Waals surface area contributed by atoms with Gasteiger partial charge in [0.15, 0.2) is 0 Å². The Morgan fingerprint density at radius 3 is 2.86 bits per heavy atom. The number of anilines is 1. The highest BCUT2D eigenvalue weighted by Gasteiger charge is 2.33. The molecule has 1 heterocycles. The van der Waals surface area contributed by atoms with Crippen LogP contribution < -0.4 is 10.4 Å². The van der Waals surface area contributed by atoms with Crippen LogP contribution >= 0.6 is 15.9 Å². The van der Waals surface area contributed by atoms with E-state index in [0.717, 1.165) is 22.6 Å². The predicted molar refractivity (Wildman–Crippen MR) is 89.5 cm³/mol. The van der Waals surface area contributed by atoms with Gasteiger partial charge in [-0.05, 0) is 65.7 Å². The fraction of sp³-hybridized carbons (Fsp3) is 0.562. The van der Waals surface area contributed by atoms with Crippen LogP contribution in [0.3, 0.4) is 0 Å². The van der Waals surface area contributed by atoms with E-state index in [-0.39, 0.29) is 0 Å². The van der Waals surface area contributed by atoms with Gasteiger partial charge in [0.05, 0.1) is 11.4 Å². The number of hydrogen-bond acceptors (Lipinski definition) is 3. The monoisotopic (exact) mass is 351 g/mol. The maximum absolute atomic E-state index is 8.57. The molecule has 1 aliphatic carbocycles. The second-order valence-corrected chi connectivity index (χ2v) is 6.82. The normalized spacial score (nSPS) is 25.9. The molecule has 2 atom stereocenters. The van der Waals surface area contributed by atoms with Gasteiger partial charge in [-0.3, -0.25) is 10.7 Å². The van der Waals surface area contributed by atoms with Crippen LogP contribution in [0.5, 0.6) is 0 Å². The maximum atomic E-state index is 8.57. The van der Waals surface area contributed by atoms with Gasteiger partial charge in [-0.15, -0.1) is 0 Å². The molecule has 1 aromatic carbocycles. The largest absolute Gasteiger partial charge is 0.367 e. The van der Waals surface area contributed by atoms with E-state index in [2.05, 4.69) is 31.9 Å². The number of hydroxylamine groups is 1. The molecule has 1 aliphatic heterocycles. The minimum absolute atomic E-state index is 0.706. The minimum atomic E-state index is 0.706. The molecule has 1 aromatic rings. The molecule has 2 aliphatic rings. The molecule has 1 saturated heterocycles. The van der Waals surface area contributed by atoms with E-state index in [1.165, 1.54) is 50.6 Å². The summed E-state index contributed by atoms with van der Waals surface area (Å²) < 4.78 is 1.08. The van der Waals surface area contributed by atoms with Crippen LogP contribution in [0.4, 0.5) is 11.4 Å². The second-order valence-electron chi connectivity index (χ2n) is 5.97. The van der Waals surface area contributed by atoms with Crippen molar-refractivity contribution in [3.05, 3.63) is 22.7 Å². The minimum Gasteiger partial charge on any atom is -0.367 e. The van der Waals surface area contributed by atoms with E-state index in [1.54, 1.807) is 0 Å². The molecular formula is C16H22BrN3O. The third kappa shape index (κ3) is 3.24. The second kappa shape index (κ2) is 6.79. The molecule has 0 spiro atoms. The smallest absolute Gasteiger partial charge is 0.113 e. The van der Waals surface area contributed by atoms with E-state index in [0.29, 0.717) is 6.04 Å². The first-order valence-corrected chi connectivity index (χ1v) is 8.57. The number of benzene rings is 1. The molecule has 2 fully saturated rings. The van der Waals surface area contributed by atoms with Gasteiger partial charge in [0.25, 0.3) is 0 Å². The first-order valence-electron chi connectivity index (χ1n) is 7.78. The number of rotatable bonds is 3. The van der Waals surface area contributed by atoms with Gasteiger partial charge in [0.2, 0.25) is 0 Å². The van der Waals surface area contributed by atoms with E-state index in [9.17, 15) is 0 Å². The Hall–Kier alpha value is -1.07. The van der Waals surface area contributed by atoms with Crippen LogP contribution in [-0.4, -0.2) is 24.1 Å². The average molecular weight is 352 g/mol. The molecule has 3 rings (SSSR count). The fourth-order valence-corrected chi connectivity index (χ4v) is 4.43. The van der Waals surface area contributed by atoms with Gasteiger partial charge in [0, 0.05) is 17.1 Å². The summed E-state index contributed by atoms with van der Waals surface area (Å²) in [5.74, 6) is 0.871. The Morgan fingerprint density at radius 2 is 2.05 bits per heavy atom. The SMILES string of the molecule is ONC=Nc1ccc(N2CCCC3CCCCC32)c(Br)c1. The number of nitrogens with zero attached hydrogens (tertiary/aromatic N) is 2. The molecule has 0 radical (unpaired) electrons. The highest BCUT2D eigenvalue weighted by molar-refractivity contribution is 9.10. The van der Waals surface area contributed by atoms with Gasteiger partial charge in [0.1, 0.15) is 6.34 Å². The summed E-state index contributed by atoms with van der Waals surface area (Å²) in [7, 11) is 0. The zero-order valence-corrected chi connectivity index (χ0v) is 13.7. The lowest BCUT2D eigenvalue weighted by Crippen LogP contribution is -2.47. The quantitative estimate of drug-likeness (QED) is 0.486. The summed E-state index contributed by atoms with van der Waals surface area (Å²) in [4.78, 5) is 6.71. The van der Waals surface area contributed by atoms with Crippen molar-refractivity contribution in [2.75, 3.05) is 11.4 Å². The van der Waals surface area contributed by atoms with Crippen LogP contribution in [0, 0.1) is 5.92 Å². The summed E-state index contributed by atoms with van der Waals surface area (Å²) in [5.41, 5.74) is 4.04. The van der Waals surface area contributed by atoms with Crippen molar-refractivity contribution in [1.29, 1.82) is 0 Å². The predicted octanol–water partition coefficient (Wildman–Crippen LogP) is 4.25. The standard InChI is InChI=1S/C16H22BrN3O/c17-14-10-13(18-11-19-21)7-8-16(14)20-9-3-5-12-4-1-2-6-15(12)20/h7-8,10-12,15,21H,1-6,9H2,(H,18,19). The molecule has 5 heteroatoms. The van der Waals surface area contributed by atoms with Crippen molar-refractivity contribution in [2.45, 2.75) is 44.6 Å². The molecule has 0 bridgehead atoms. The Labute approximate surface area is 134 Å². The lowest BCUT2D eigenvalue weighted by Gasteiger charge is -2.45. The van der Waals surface area contributed by atoms with E-state index in [1.807, 2.05) is 17.6 Å². The van der Waals surface area contributed by atoms with Crippen LogP contribution in [0.1, 0.15) is 38.5 Å². The van der Waals surface area contributed by atoms with E-state index >= 15 is 0 Å². The Morgan fingerprint density at radius 1 is 1.24 bits per heavy atom. The van der Waals surface area contributed by atoms with Crippen LogP contribution in [0.15, 0.2) is 27.7 Å². The third-order valence-electron chi connectivity index (χ3n) is 4.76. The van der Waals surface area contributed by atoms with E-state index < -0.39 is 0 Å². The summed E-state index contributed by atoms with van der Waals surface area (Å²) in [6.07, 6.45) is 9.44. The molecule has 0 aromatic heterocycles. The van der Waals surface area contributed by atoms with Crippen LogP contribution in [-0.2, 0) is 0 Å².